The first-order chi connectivity index (χ1) is 10.2. The molecule has 0 radical (unpaired) electrons. The topological polar surface area (TPSA) is 70.0 Å². The van der Waals surface area contributed by atoms with Crippen LogP contribution in [0.4, 0.5) is 0 Å². The summed E-state index contributed by atoms with van der Waals surface area (Å²) in [5.74, 6) is -0.165. The molecule has 2 aromatic rings. The molecular formula is C18H16N2O. The van der Waals surface area contributed by atoms with Gasteiger partial charge >= 0.3 is 0 Å². The van der Waals surface area contributed by atoms with Crippen molar-refractivity contribution in [1.82, 2.24) is 0 Å². The molecule has 0 fully saturated rings. The second-order valence-corrected chi connectivity index (χ2v) is 5.33. The fourth-order valence-electron chi connectivity index (χ4n) is 3.01. The highest BCUT2D eigenvalue weighted by Crippen LogP contribution is 2.48. The highest BCUT2D eigenvalue weighted by molar-refractivity contribution is 5.50. The Kier molecular flexibility index (Phi) is 3.25. The number of nitriles is 1. The van der Waals surface area contributed by atoms with Crippen LogP contribution in [-0.4, -0.2) is 5.11 Å². The number of hydrogen-bond acceptors (Lipinski definition) is 3. The molecule has 21 heavy (non-hydrogen) atoms. The van der Waals surface area contributed by atoms with Crippen molar-refractivity contribution in [3.05, 3.63) is 83.1 Å². The molecule has 0 amide bonds. The quantitative estimate of drug-likeness (QED) is 0.886. The summed E-state index contributed by atoms with van der Waals surface area (Å²) >= 11 is 0. The molecule has 0 bridgehead atoms. The van der Waals surface area contributed by atoms with Crippen LogP contribution >= 0.6 is 0 Å². The van der Waals surface area contributed by atoms with Gasteiger partial charge < -0.3 is 10.8 Å². The van der Waals surface area contributed by atoms with E-state index in [2.05, 4.69) is 6.07 Å². The second kappa shape index (κ2) is 5.08. The molecular weight excluding hydrogens is 260 g/mol. The molecule has 2 atom stereocenters. The molecule has 3 nitrogen and oxygen atoms in total. The van der Waals surface area contributed by atoms with E-state index in [1.54, 1.807) is 0 Å². The van der Waals surface area contributed by atoms with Crippen LogP contribution in [-0.2, 0) is 5.60 Å². The zero-order valence-electron chi connectivity index (χ0n) is 11.5. The van der Waals surface area contributed by atoms with E-state index < -0.39 is 5.60 Å². The van der Waals surface area contributed by atoms with Gasteiger partial charge in [0.25, 0.3) is 0 Å². The van der Waals surface area contributed by atoms with Crippen molar-refractivity contribution in [1.29, 1.82) is 5.26 Å². The van der Waals surface area contributed by atoms with Gasteiger partial charge in [-0.15, -0.1) is 0 Å². The predicted octanol–water partition coefficient (Wildman–Crippen LogP) is 2.80. The van der Waals surface area contributed by atoms with Crippen LogP contribution in [0.5, 0.6) is 0 Å². The molecule has 0 aromatic heterocycles. The minimum Gasteiger partial charge on any atom is -0.399 e. The van der Waals surface area contributed by atoms with Crippen molar-refractivity contribution in [2.24, 2.45) is 5.73 Å². The Bertz CT molecular complexity index is 716. The number of nitrogens with zero attached hydrogens (tertiary/aromatic N) is 1. The van der Waals surface area contributed by atoms with E-state index in [1.165, 1.54) is 0 Å². The Balaban J connectivity index is 2.09. The summed E-state index contributed by atoms with van der Waals surface area (Å²) in [7, 11) is 0. The normalized spacial score (nSPS) is 24.9. The number of benzene rings is 2. The SMILES string of the molecule is N#CC1=C(N)[C@](O)(c2ccccc2)C[C@H]1c1ccccc1. The average Bonchev–Trinajstić information content (AvgIpc) is 2.82. The number of rotatable bonds is 2. The van der Waals surface area contributed by atoms with Crippen molar-refractivity contribution < 1.29 is 5.11 Å². The summed E-state index contributed by atoms with van der Waals surface area (Å²) in [6, 6.07) is 21.2. The van der Waals surface area contributed by atoms with E-state index >= 15 is 0 Å². The molecule has 0 heterocycles. The van der Waals surface area contributed by atoms with Gasteiger partial charge in [0, 0.05) is 5.92 Å². The van der Waals surface area contributed by atoms with E-state index in [4.69, 9.17) is 5.73 Å². The molecule has 2 aromatic carbocycles. The van der Waals surface area contributed by atoms with Crippen molar-refractivity contribution in [2.45, 2.75) is 17.9 Å². The second-order valence-electron chi connectivity index (χ2n) is 5.33. The lowest BCUT2D eigenvalue weighted by Crippen LogP contribution is -2.29. The molecule has 0 spiro atoms. The molecule has 0 unspecified atom stereocenters. The molecule has 1 aliphatic carbocycles. The van der Waals surface area contributed by atoms with Crippen molar-refractivity contribution in [3.63, 3.8) is 0 Å². The maximum absolute atomic E-state index is 11.0. The summed E-state index contributed by atoms with van der Waals surface area (Å²) in [6.07, 6.45) is 0.399. The summed E-state index contributed by atoms with van der Waals surface area (Å²) in [5, 5.41) is 20.5. The first kappa shape index (κ1) is 13.4. The third-order valence-corrected chi connectivity index (χ3v) is 4.16. The molecule has 3 N–H and O–H groups in total. The number of allylic oxidation sites excluding steroid dienone is 1. The first-order valence-corrected chi connectivity index (χ1v) is 6.90. The van der Waals surface area contributed by atoms with Crippen LogP contribution in [0, 0.1) is 11.3 Å². The fourth-order valence-corrected chi connectivity index (χ4v) is 3.01. The predicted molar refractivity (Wildman–Crippen MR) is 81.0 cm³/mol. The lowest BCUT2D eigenvalue weighted by Gasteiger charge is -2.25. The smallest absolute Gasteiger partial charge is 0.131 e. The molecule has 104 valence electrons. The van der Waals surface area contributed by atoms with Gasteiger partial charge in [-0.1, -0.05) is 60.7 Å². The standard InChI is InChI=1S/C18H16N2O/c19-12-16-15(13-7-3-1-4-8-13)11-18(21,17(16)20)14-9-5-2-6-10-14/h1-10,15,21H,11,20H2/t15-,18+/m0/s1. The Morgan fingerprint density at radius 1 is 1.05 bits per heavy atom. The van der Waals surface area contributed by atoms with Gasteiger partial charge in [0.1, 0.15) is 5.60 Å². The lowest BCUT2D eigenvalue weighted by molar-refractivity contribution is 0.0724. The lowest BCUT2D eigenvalue weighted by atomic mass is 9.86. The Hall–Kier alpha value is -2.57. The van der Waals surface area contributed by atoms with Crippen LogP contribution in [0.2, 0.25) is 0 Å². The van der Waals surface area contributed by atoms with Gasteiger partial charge in [0.05, 0.1) is 17.3 Å². The average molecular weight is 276 g/mol. The first-order valence-electron chi connectivity index (χ1n) is 6.90. The van der Waals surface area contributed by atoms with Crippen LogP contribution < -0.4 is 5.73 Å². The van der Waals surface area contributed by atoms with E-state index in [9.17, 15) is 10.4 Å². The maximum Gasteiger partial charge on any atom is 0.131 e. The van der Waals surface area contributed by atoms with Crippen LogP contribution in [0.3, 0.4) is 0 Å². The van der Waals surface area contributed by atoms with Gasteiger partial charge in [0.2, 0.25) is 0 Å². The van der Waals surface area contributed by atoms with Crippen LogP contribution in [0.1, 0.15) is 23.5 Å². The van der Waals surface area contributed by atoms with Crippen LogP contribution in [0.15, 0.2) is 71.9 Å². The minimum absolute atomic E-state index is 0.165. The third-order valence-electron chi connectivity index (χ3n) is 4.16. The van der Waals surface area contributed by atoms with Gasteiger partial charge in [-0.2, -0.15) is 5.26 Å². The number of aliphatic hydroxyl groups is 1. The van der Waals surface area contributed by atoms with Crippen molar-refractivity contribution >= 4 is 0 Å². The zero-order chi connectivity index (χ0) is 14.9. The largest absolute Gasteiger partial charge is 0.399 e. The van der Waals surface area contributed by atoms with Crippen molar-refractivity contribution in [3.8, 4) is 6.07 Å². The van der Waals surface area contributed by atoms with Gasteiger partial charge in [0.15, 0.2) is 0 Å². The number of hydrogen-bond donors (Lipinski definition) is 2. The third kappa shape index (κ3) is 2.10. The molecule has 0 aliphatic heterocycles. The van der Waals surface area contributed by atoms with Gasteiger partial charge in [-0.3, -0.25) is 0 Å². The number of nitrogens with two attached hydrogens (primary N) is 1. The Morgan fingerprint density at radius 2 is 1.62 bits per heavy atom. The van der Waals surface area contributed by atoms with E-state index in [0.717, 1.165) is 11.1 Å². The summed E-state index contributed by atoms with van der Waals surface area (Å²) < 4.78 is 0. The molecule has 0 saturated heterocycles. The Morgan fingerprint density at radius 3 is 2.19 bits per heavy atom. The van der Waals surface area contributed by atoms with Gasteiger partial charge in [-0.25, -0.2) is 0 Å². The van der Waals surface area contributed by atoms with E-state index in [0.29, 0.717) is 12.0 Å². The van der Waals surface area contributed by atoms with Crippen LogP contribution in [0.25, 0.3) is 0 Å². The fraction of sp³-hybridized carbons (Fsp3) is 0.167. The molecule has 1 aliphatic rings. The van der Waals surface area contributed by atoms with E-state index in [1.807, 2.05) is 60.7 Å². The van der Waals surface area contributed by atoms with Gasteiger partial charge in [-0.05, 0) is 17.5 Å². The summed E-state index contributed by atoms with van der Waals surface area (Å²) in [6.45, 7) is 0. The summed E-state index contributed by atoms with van der Waals surface area (Å²) in [5.41, 5.74) is 7.33. The highest BCUT2D eigenvalue weighted by atomic mass is 16.3. The maximum atomic E-state index is 11.0. The zero-order valence-corrected chi connectivity index (χ0v) is 11.5. The van der Waals surface area contributed by atoms with E-state index in [-0.39, 0.29) is 11.6 Å². The minimum atomic E-state index is -1.27. The molecule has 3 heteroatoms. The molecule has 3 rings (SSSR count). The summed E-state index contributed by atoms with van der Waals surface area (Å²) in [4.78, 5) is 0. The highest BCUT2D eigenvalue weighted by Gasteiger charge is 2.45. The van der Waals surface area contributed by atoms with Crippen molar-refractivity contribution in [2.75, 3.05) is 0 Å². The molecule has 0 saturated carbocycles. The Labute approximate surface area is 124 Å². The monoisotopic (exact) mass is 276 g/mol.